The standard InChI is InChI=1S/C21H20N2O2/c24-21(25)19-11-5-13-23(19)20(16-8-4-12-22-14-16)18-10-3-7-15-6-1-2-9-17(15)18/h1-4,6-10,12,14,19-20H,5,11,13H2,(H,24,25). The highest BCUT2D eigenvalue weighted by Gasteiger charge is 2.37. The van der Waals surface area contributed by atoms with E-state index in [1.165, 1.54) is 5.39 Å². The van der Waals surface area contributed by atoms with Gasteiger partial charge in [-0.2, -0.15) is 0 Å². The van der Waals surface area contributed by atoms with Crippen molar-refractivity contribution < 1.29 is 9.90 Å². The molecule has 126 valence electrons. The first-order chi connectivity index (χ1) is 12.3. The van der Waals surface area contributed by atoms with Crippen LogP contribution in [0.25, 0.3) is 10.8 Å². The van der Waals surface area contributed by atoms with E-state index < -0.39 is 12.0 Å². The first-order valence-corrected chi connectivity index (χ1v) is 8.62. The number of hydrogen-bond donors (Lipinski definition) is 1. The topological polar surface area (TPSA) is 53.4 Å². The van der Waals surface area contributed by atoms with Crippen LogP contribution >= 0.6 is 0 Å². The second kappa shape index (κ2) is 6.65. The SMILES string of the molecule is O=C(O)C1CCCN1C(c1cccnc1)c1cccc2ccccc12. The van der Waals surface area contributed by atoms with Crippen molar-refractivity contribution in [2.75, 3.05) is 6.54 Å². The molecule has 1 aromatic heterocycles. The molecule has 25 heavy (non-hydrogen) atoms. The van der Waals surface area contributed by atoms with Crippen molar-refractivity contribution in [2.24, 2.45) is 0 Å². The van der Waals surface area contributed by atoms with Crippen LogP contribution in [-0.4, -0.2) is 33.5 Å². The maximum Gasteiger partial charge on any atom is 0.320 e. The third kappa shape index (κ3) is 2.89. The Morgan fingerprint density at radius 2 is 1.96 bits per heavy atom. The van der Waals surface area contributed by atoms with E-state index in [4.69, 9.17) is 0 Å². The number of aromatic nitrogens is 1. The van der Waals surface area contributed by atoms with E-state index in [-0.39, 0.29) is 6.04 Å². The molecule has 0 saturated carbocycles. The number of benzene rings is 2. The molecule has 1 fully saturated rings. The van der Waals surface area contributed by atoms with Crippen LogP contribution in [0.4, 0.5) is 0 Å². The average Bonchev–Trinajstić information content (AvgIpc) is 3.13. The van der Waals surface area contributed by atoms with E-state index in [1.54, 1.807) is 6.20 Å². The van der Waals surface area contributed by atoms with Gasteiger partial charge in [0.25, 0.3) is 0 Å². The zero-order chi connectivity index (χ0) is 17.2. The van der Waals surface area contributed by atoms with Crippen LogP contribution in [0, 0.1) is 0 Å². The highest BCUT2D eigenvalue weighted by molar-refractivity contribution is 5.86. The van der Waals surface area contributed by atoms with Gasteiger partial charge in [0.1, 0.15) is 6.04 Å². The Balaban J connectivity index is 1.90. The van der Waals surface area contributed by atoms with Crippen LogP contribution in [0.3, 0.4) is 0 Å². The summed E-state index contributed by atoms with van der Waals surface area (Å²) in [6, 6.07) is 17.9. The predicted molar refractivity (Wildman–Crippen MR) is 97.4 cm³/mol. The first kappa shape index (κ1) is 15.8. The molecule has 1 saturated heterocycles. The van der Waals surface area contributed by atoms with Crippen molar-refractivity contribution in [3.05, 3.63) is 78.1 Å². The lowest BCUT2D eigenvalue weighted by Crippen LogP contribution is -2.39. The van der Waals surface area contributed by atoms with Crippen molar-refractivity contribution in [3.8, 4) is 0 Å². The van der Waals surface area contributed by atoms with Crippen LogP contribution in [0.1, 0.15) is 30.0 Å². The normalized spacial score (nSPS) is 19.1. The Kier molecular flexibility index (Phi) is 4.20. The van der Waals surface area contributed by atoms with Crippen LogP contribution in [0.5, 0.6) is 0 Å². The summed E-state index contributed by atoms with van der Waals surface area (Å²) in [6.07, 6.45) is 5.20. The molecule has 3 aromatic rings. The van der Waals surface area contributed by atoms with Gasteiger partial charge in [-0.3, -0.25) is 14.7 Å². The van der Waals surface area contributed by atoms with Gasteiger partial charge in [-0.25, -0.2) is 0 Å². The zero-order valence-electron chi connectivity index (χ0n) is 13.9. The van der Waals surface area contributed by atoms with E-state index in [1.807, 2.05) is 36.5 Å². The second-order valence-corrected chi connectivity index (χ2v) is 6.49. The minimum Gasteiger partial charge on any atom is -0.480 e. The molecule has 0 radical (unpaired) electrons. The maximum absolute atomic E-state index is 11.8. The van der Waals surface area contributed by atoms with Gasteiger partial charge in [-0.15, -0.1) is 0 Å². The number of nitrogens with zero attached hydrogens (tertiary/aromatic N) is 2. The number of carboxylic acids is 1. The Morgan fingerprint density at radius 1 is 1.12 bits per heavy atom. The number of fused-ring (bicyclic) bond motifs is 1. The van der Waals surface area contributed by atoms with Gasteiger partial charge in [0.15, 0.2) is 0 Å². The summed E-state index contributed by atoms with van der Waals surface area (Å²) in [7, 11) is 0. The number of hydrogen-bond acceptors (Lipinski definition) is 3. The third-order valence-electron chi connectivity index (χ3n) is 5.03. The van der Waals surface area contributed by atoms with Crippen molar-refractivity contribution in [1.82, 2.24) is 9.88 Å². The summed E-state index contributed by atoms with van der Waals surface area (Å²) in [5.74, 6) is -0.744. The molecular weight excluding hydrogens is 312 g/mol. The number of carboxylic acid groups (broad SMARTS) is 1. The molecule has 4 rings (SSSR count). The van der Waals surface area contributed by atoms with Crippen LogP contribution in [-0.2, 0) is 4.79 Å². The molecule has 4 heteroatoms. The van der Waals surface area contributed by atoms with Crippen molar-refractivity contribution in [2.45, 2.75) is 24.9 Å². The highest BCUT2D eigenvalue weighted by Crippen LogP contribution is 2.37. The van der Waals surface area contributed by atoms with Crippen LogP contribution in [0.2, 0.25) is 0 Å². The Bertz CT molecular complexity index is 889. The number of likely N-dealkylation sites (tertiary alicyclic amines) is 1. The largest absolute Gasteiger partial charge is 0.480 e. The van der Waals surface area contributed by atoms with Crippen LogP contribution < -0.4 is 0 Å². The average molecular weight is 332 g/mol. The fraction of sp³-hybridized carbons (Fsp3) is 0.238. The highest BCUT2D eigenvalue weighted by atomic mass is 16.4. The van der Waals surface area contributed by atoms with Gasteiger partial charge in [0.05, 0.1) is 6.04 Å². The minimum atomic E-state index is -0.744. The van der Waals surface area contributed by atoms with Crippen molar-refractivity contribution in [1.29, 1.82) is 0 Å². The molecular formula is C21H20N2O2. The quantitative estimate of drug-likeness (QED) is 0.788. The summed E-state index contributed by atoms with van der Waals surface area (Å²) >= 11 is 0. The van der Waals surface area contributed by atoms with Gasteiger partial charge in [-0.05, 0) is 40.8 Å². The molecule has 0 aliphatic carbocycles. The fourth-order valence-corrected chi connectivity index (χ4v) is 3.94. The molecule has 4 nitrogen and oxygen atoms in total. The fourth-order valence-electron chi connectivity index (χ4n) is 3.94. The van der Waals surface area contributed by atoms with E-state index >= 15 is 0 Å². The predicted octanol–water partition coefficient (Wildman–Crippen LogP) is 3.87. The molecule has 2 aromatic carbocycles. The van der Waals surface area contributed by atoms with E-state index in [9.17, 15) is 9.90 Å². The molecule has 2 atom stereocenters. The van der Waals surface area contributed by atoms with Crippen molar-refractivity contribution in [3.63, 3.8) is 0 Å². The lowest BCUT2D eigenvalue weighted by atomic mass is 9.93. The summed E-state index contributed by atoms with van der Waals surface area (Å²) in [5.41, 5.74) is 2.17. The smallest absolute Gasteiger partial charge is 0.320 e. The van der Waals surface area contributed by atoms with Gasteiger partial charge in [0.2, 0.25) is 0 Å². The van der Waals surface area contributed by atoms with Gasteiger partial charge in [-0.1, -0.05) is 48.5 Å². The van der Waals surface area contributed by atoms with Crippen molar-refractivity contribution >= 4 is 16.7 Å². The van der Waals surface area contributed by atoms with Crippen LogP contribution in [0.15, 0.2) is 67.0 Å². The van der Waals surface area contributed by atoms with E-state index in [2.05, 4.69) is 34.1 Å². The van der Waals surface area contributed by atoms with E-state index in [0.717, 1.165) is 29.5 Å². The van der Waals surface area contributed by atoms with Gasteiger partial charge in [0, 0.05) is 18.9 Å². The number of aliphatic carboxylic acids is 1. The summed E-state index contributed by atoms with van der Waals surface area (Å²) < 4.78 is 0. The number of pyridine rings is 1. The molecule has 0 amide bonds. The Hall–Kier alpha value is -2.72. The molecule has 1 aliphatic rings. The lowest BCUT2D eigenvalue weighted by Gasteiger charge is -2.32. The third-order valence-corrected chi connectivity index (χ3v) is 5.03. The monoisotopic (exact) mass is 332 g/mol. The summed E-state index contributed by atoms with van der Waals surface area (Å²) in [6.45, 7) is 0.778. The summed E-state index contributed by atoms with van der Waals surface area (Å²) in [5, 5.41) is 12.0. The van der Waals surface area contributed by atoms with Gasteiger partial charge < -0.3 is 5.11 Å². The maximum atomic E-state index is 11.8. The first-order valence-electron chi connectivity index (χ1n) is 8.62. The molecule has 2 unspecified atom stereocenters. The zero-order valence-corrected chi connectivity index (χ0v) is 13.9. The Labute approximate surface area is 146 Å². The number of carbonyl (C=O) groups is 1. The lowest BCUT2D eigenvalue weighted by molar-refractivity contribution is -0.142. The minimum absolute atomic E-state index is 0.108. The number of rotatable bonds is 4. The molecule has 0 spiro atoms. The molecule has 1 aliphatic heterocycles. The van der Waals surface area contributed by atoms with E-state index in [0.29, 0.717) is 6.42 Å². The second-order valence-electron chi connectivity index (χ2n) is 6.49. The summed E-state index contributed by atoms with van der Waals surface area (Å²) in [4.78, 5) is 18.2. The molecule has 1 N–H and O–H groups in total. The Morgan fingerprint density at radius 3 is 2.76 bits per heavy atom. The molecule has 0 bridgehead atoms. The molecule has 2 heterocycles. The van der Waals surface area contributed by atoms with Gasteiger partial charge >= 0.3 is 5.97 Å².